The van der Waals surface area contributed by atoms with Gasteiger partial charge in [0.05, 0.1) is 6.54 Å². The summed E-state index contributed by atoms with van der Waals surface area (Å²) in [4.78, 5) is 6.83. The SMILES string of the molecule is CN(C)C1(CN=C(N)NCC2CCC2)CCOCC1.I. The number of likely N-dealkylation sites (N-methyl/N-ethyl adjacent to an activating group) is 1. The molecule has 0 aromatic carbocycles. The van der Waals surface area contributed by atoms with E-state index < -0.39 is 0 Å². The van der Waals surface area contributed by atoms with Crippen molar-refractivity contribution in [2.24, 2.45) is 16.6 Å². The molecule has 2 fully saturated rings. The molecule has 0 amide bonds. The maximum atomic E-state index is 5.97. The Morgan fingerprint density at radius 1 is 1.35 bits per heavy atom. The fraction of sp³-hybridized carbons (Fsp3) is 0.929. The topological polar surface area (TPSA) is 62.9 Å². The van der Waals surface area contributed by atoms with E-state index in [2.05, 4.69) is 29.3 Å². The molecule has 1 saturated carbocycles. The van der Waals surface area contributed by atoms with Gasteiger partial charge in [0.15, 0.2) is 5.96 Å². The lowest BCUT2D eigenvalue weighted by atomic mass is 9.85. The van der Waals surface area contributed by atoms with Crippen LogP contribution in [-0.2, 0) is 4.74 Å². The van der Waals surface area contributed by atoms with Gasteiger partial charge in [-0.3, -0.25) is 4.99 Å². The molecule has 0 aromatic heterocycles. The molecule has 1 aliphatic carbocycles. The van der Waals surface area contributed by atoms with Gasteiger partial charge in [-0.15, -0.1) is 24.0 Å². The van der Waals surface area contributed by atoms with Crippen molar-refractivity contribution in [3.8, 4) is 0 Å². The van der Waals surface area contributed by atoms with E-state index in [0.29, 0.717) is 5.96 Å². The highest BCUT2D eigenvalue weighted by molar-refractivity contribution is 14.0. The van der Waals surface area contributed by atoms with Gasteiger partial charge in [0.2, 0.25) is 0 Å². The number of nitrogens with one attached hydrogen (secondary N) is 1. The summed E-state index contributed by atoms with van der Waals surface area (Å²) in [5.41, 5.74) is 6.08. The number of halogens is 1. The molecule has 0 aromatic rings. The Bertz CT molecular complexity index is 312. The van der Waals surface area contributed by atoms with Gasteiger partial charge < -0.3 is 20.7 Å². The first-order chi connectivity index (χ1) is 9.12. The molecule has 2 rings (SSSR count). The van der Waals surface area contributed by atoms with E-state index in [1.54, 1.807) is 0 Å². The number of nitrogens with zero attached hydrogens (tertiary/aromatic N) is 2. The number of hydrogen-bond acceptors (Lipinski definition) is 3. The molecule has 0 atom stereocenters. The Morgan fingerprint density at radius 3 is 2.50 bits per heavy atom. The average Bonchev–Trinajstić information content (AvgIpc) is 2.35. The average molecular weight is 396 g/mol. The first-order valence-electron chi connectivity index (χ1n) is 7.41. The highest BCUT2D eigenvalue weighted by atomic mass is 127. The van der Waals surface area contributed by atoms with Crippen LogP contribution in [0, 0.1) is 5.92 Å². The first kappa shape index (κ1) is 18.0. The van der Waals surface area contributed by atoms with E-state index in [1.165, 1.54) is 19.3 Å². The van der Waals surface area contributed by atoms with E-state index in [0.717, 1.165) is 45.1 Å². The molecule has 1 aliphatic heterocycles. The van der Waals surface area contributed by atoms with Gasteiger partial charge in [0.1, 0.15) is 0 Å². The van der Waals surface area contributed by atoms with Crippen LogP contribution in [0.25, 0.3) is 0 Å². The second kappa shape index (κ2) is 8.38. The quantitative estimate of drug-likeness (QED) is 0.419. The summed E-state index contributed by atoms with van der Waals surface area (Å²) < 4.78 is 5.46. The molecule has 0 bridgehead atoms. The molecule has 0 unspecified atom stereocenters. The zero-order chi connectivity index (χ0) is 13.7. The third kappa shape index (κ3) is 4.73. The summed E-state index contributed by atoms with van der Waals surface area (Å²) in [6.07, 6.45) is 6.09. The smallest absolute Gasteiger partial charge is 0.188 e. The maximum absolute atomic E-state index is 5.97. The Hall–Kier alpha value is -0.0800. The number of hydrogen-bond donors (Lipinski definition) is 2. The van der Waals surface area contributed by atoms with E-state index in [4.69, 9.17) is 10.5 Å². The molecular weight excluding hydrogens is 367 g/mol. The fourth-order valence-corrected chi connectivity index (χ4v) is 2.73. The monoisotopic (exact) mass is 396 g/mol. The molecule has 2 aliphatic rings. The first-order valence-corrected chi connectivity index (χ1v) is 7.41. The van der Waals surface area contributed by atoms with Gasteiger partial charge >= 0.3 is 0 Å². The molecule has 6 heteroatoms. The minimum atomic E-state index is 0. The van der Waals surface area contributed by atoms with E-state index in [9.17, 15) is 0 Å². The second-order valence-corrected chi connectivity index (χ2v) is 6.11. The maximum Gasteiger partial charge on any atom is 0.188 e. The molecule has 1 heterocycles. The highest BCUT2D eigenvalue weighted by Gasteiger charge is 2.34. The Kier molecular flexibility index (Phi) is 7.53. The second-order valence-electron chi connectivity index (χ2n) is 6.11. The van der Waals surface area contributed by atoms with Crippen molar-refractivity contribution in [3.63, 3.8) is 0 Å². The van der Waals surface area contributed by atoms with E-state index in [-0.39, 0.29) is 29.5 Å². The summed E-state index contributed by atoms with van der Waals surface area (Å²) in [7, 11) is 4.25. The Labute approximate surface area is 139 Å². The zero-order valence-corrected chi connectivity index (χ0v) is 15.1. The summed E-state index contributed by atoms with van der Waals surface area (Å²) in [5.74, 6) is 1.40. The molecule has 0 radical (unpaired) electrons. The van der Waals surface area contributed by atoms with Gasteiger partial charge in [0, 0.05) is 25.3 Å². The van der Waals surface area contributed by atoms with Crippen molar-refractivity contribution >= 4 is 29.9 Å². The van der Waals surface area contributed by atoms with E-state index in [1.807, 2.05) is 0 Å². The number of rotatable bonds is 5. The van der Waals surface area contributed by atoms with Crippen molar-refractivity contribution in [1.29, 1.82) is 0 Å². The third-order valence-corrected chi connectivity index (χ3v) is 4.71. The van der Waals surface area contributed by atoms with Crippen LogP contribution in [0.2, 0.25) is 0 Å². The van der Waals surface area contributed by atoms with Crippen LogP contribution in [-0.4, -0.2) is 56.8 Å². The van der Waals surface area contributed by atoms with Crippen LogP contribution in [0.3, 0.4) is 0 Å². The van der Waals surface area contributed by atoms with Gasteiger partial charge in [0.25, 0.3) is 0 Å². The molecule has 1 saturated heterocycles. The lowest BCUT2D eigenvalue weighted by Crippen LogP contribution is -2.51. The van der Waals surface area contributed by atoms with Crippen molar-refractivity contribution in [2.75, 3.05) is 40.4 Å². The van der Waals surface area contributed by atoms with Gasteiger partial charge in [-0.1, -0.05) is 6.42 Å². The largest absolute Gasteiger partial charge is 0.381 e. The van der Waals surface area contributed by atoms with Crippen molar-refractivity contribution in [3.05, 3.63) is 0 Å². The zero-order valence-electron chi connectivity index (χ0n) is 12.7. The number of guanidine groups is 1. The lowest BCUT2D eigenvalue weighted by Gasteiger charge is -2.41. The van der Waals surface area contributed by atoms with E-state index >= 15 is 0 Å². The minimum Gasteiger partial charge on any atom is -0.381 e. The van der Waals surface area contributed by atoms with Crippen LogP contribution in [0.5, 0.6) is 0 Å². The fourth-order valence-electron chi connectivity index (χ4n) is 2.73. The summed E-state index contributed by atoms with van der Waals surface area (Å²) >= 11 is 0. The predicted molar refractivity (Wildman–Crippen MR) is 93.7 cm³/mol. The van der Waals surface area contributed by atoms with Gasteiger partial charge in [-0.2, -0.15) is 0 Å². The van der Waals surface area contributed by atoms with Crippen LogP contribution in [0.15, 0.2) is 4.99 Å². The lowest BCUT2D eigenvalue weighted by molar-refractivity contribution is -0.00252. The standard InChI is InChI=1S/C14H28N4O.HI/c1-18(2)14(6-8-19-9-7-14)11-17-13(15)16-10-12-4-3-5-12;/h12H,3-11H2,1-2H3,(H3,15,16,17);1H. The summed E-state index contributed by atoms with van der Waals surface area (Å²) in [6, 6.07) is 0. The molecule has 5 nitrogen and oxygen atoms in total. The van der Waals surface area contributed by atoms with Crippen LogP contribution >= 0.6 is 24.0 Å². The van der Waals surface area contributed by atoms with Crippen molar-refractivity contribution < 1.29 is 4.74 Å². The molecule has 0 spiro atoms. The summed E-state index contributed by atoms with van der Waals surface area (Å²) in [6.45, 7) is 3.38. The van der Waals surface area contributed by atoms with Crippen molar-refractivity contribution in [1.82, 2.24) is 10.2 Å². The minimum absolute atomic E-state index is 0. The molecular formula is C14H29IN4O. The Morgan fingerprint density at radius 2 is 2.00 bits per heavy atom. The van der Waals surface area contributed by atoms with Gasteiger partial charge in [-0.25, -0.2) is 0 Å². The highest BCUT2D eigenvalue weighted by Crippen LogP contribution is 2.26. The van der Waals surface area contributed by atoms with Crippen molar-refractivity contribution in [2.45, 2.75) is 37.6 Å². The molecule has 118 valence electrons. The summed E-state index contributed by atoms with van der Waals surface area (Å²) in [5, 5.41) is 3.26. The van der Waals surface area contributed by atoms with Crippen LogP contribution in [0.1, 0.15) is 32.1 Å². The Balaban J connectivity index is 0.00000200. The van der Waals surface area contributed by atoms with Crippen LogP contribution in [0.4, 0.5) is 0 Å². The number of nitrogens with two attached hydrogens (primary N) is 1. The van der Waals surface area contributed by atoms with Gasteiger partial charge in [-0.05, 0) is 45.7 Å². The number of aliphatic imine (C=N–C) groups is 1. The third-order valence-electron chi connectivity index (χ3n) is 4.71. The van der Waals surface area contributed by atoms with Crippen LogP contribution < -0.4 is 11.1 Å². The molecule has 3 N–H and O–H groups in total. The molecule has 20 heavy (non-hydrogen) atoms. The predicted octanol–water partition coefficient (Wildman–Crippen LogP) is 1.42. The normalized spacial score (nSPS) is 23.1. The number of ether oxygens (including phenoxy) is 1.